The van der Waals surface area contributed by atoms with E-state index in [1.807, 2.05) is 0 Å². The van der Waals surface area contributed by atoms with Gasteiger partial charge in [-0.25, -0.2) is 18.2 Å². The molecule has 1 aliphatic rings. The van der Waals surface area contributed by atoms with Gasteiger partial charge in [-0.15, -0.1) is 0 Å². The summed E-state index contributed by atoms with van der Waals surface area (Å²) in [5.41, 5.74) is 7.24. The first-order valence-electron chi connectivity index (χ1n) is 11.7. The van der Waals surface area contributed by atoms with Crippen LogP contribution in [-0.2, 0) is 4.79 Å². The van der Waals surface area contributed by atoms with Crippen molar-refractivity contribution in [2.24, 2.45) is 5.92 Å². The summed E-state index contributed by atoms with van der Waals surface area (Å²) in [6, 6.07) is 8.33. The number of Topliss-reactive ketones (excluding diaryl/α,β-unsaturated/α-hetero) is 1. The number of alkyl halides is 2. The molecule has 4 rings (SSSR count). The van der Waals surface area contributed by atoms with Crippen LogP contribution < -0.4 is 10.5 Å². The number of nitrogen functional groups attached to an aromatic ring is 1. The van der Waals surface area contributed by atoms with Gasteiger partial charge in [-0.2, -0.15) is 4.98 Å². The summed E-state index contributed by atoms with van der Waals surface area (Å²) in [5, 5.41) is 0. The van der Waals surface area contributed by atoms with Gasteiger partial charge >= 0.3 is 0 Å². The number of aryl methyl sites for hydroxylation is 1. The van der Waals surface area contributed by atoms with E-state index in [9.17, 15) is 18.0 Å². The molecule has 7 nitrogen and oxygen atoms in total. The first-order chi connectivity index (χ1) is 17.2. The Kier molecular flexibility index (Phi) is 7.83. The Morgan fingerprint density at radius 2 is 1.81 bits per heavy atom. The minimum atomic E-state index is -2.80. The molecule has 0 aliphatic carbocycles. The predicted molar refractivity (Wildman–Crippen MR) is 130 cm³/mol. The number of anilines is 1. The summed E-state index contributed by atoms with van der Waals surface area (Å²) < 4.78 is 46.5. The smallest absolute Gasteiger partial charge is 0.280 e. The number of carbonyl (C=O) groups excluding carboxylic acids is 1. The van der Waals surface area contributed by atoms with Crippen LogP contribution in [0.15, 0.2) is 36.4 Å². The SMILES string of the molecule is Cc1cc(-c2c(OCC(=O)CC3CCN(C)CC3)nc(N)nc2-c2ccc(F)cc2)cc(C(F)F)n1. The molecule has 0 spiro atoms. The van der Waals surface area contributed by atoms with E-state index in [2.05, 4.69) is 26.9 Å². The average molecular weight is 500 g/mol. The number of rotatable bonds is 8. The summed E-state index contributed by atoms with van der Waals surface area (Å²) in [6.45, 7) is 3.24. The van der Waals surface area contributed by atoms with Crippen LogP contribution in [0.1, 0.15) is 37.1 Å². The number of pyridine rings is 1. The van der Waals surface area contributed by atoms with E-state index in [4.69, 9.17) is 10.5 Å². The molecule has 190 valence electrons. The Labute approximate surface area is 207 Å². The highest BCUT2D eigenvalue weighted by atomic mass is 19.3. The lowest BCUT2D eigenvalue weighted by Crippen LogP contribution is -2.31. The van der Waals surface area contributed by atoms with E-state index >= 15 is 0 Å². The van der Waals surface area contributed by atoms with Crippen molar-refractivity contribution in [3.05, 3.63) is 53.6 Å². The van der Waals surface area contributed by atoms with Crippen molar-refractivity contribution in [1.29, 1.82) is 0 Å². The van der Waals surface area contributed by atoms with Crippen molar-refractivity contribution in [1.82, 2.24) is 19.9 Å². The minimum Gasteiger partial charge on any atom is -0.469 e. The molecule has 3 heterocycles. The quantitative estimate of drug-likeness (QED) is 0.473. The maximum atomic E-state index is 13.6. The standard InChI is InChI=1S/C26H28F3N5O2/c1-15-11-18(13-21(31-15)24(28)29)22-23(17-3-5-19(27)6-4-17)32-26(30)33-25(22)36-14-20(35)12-16-7-9-34(2)10-8-16/h3-6,11,13,16,24H,7-10,12,14H2,1-2H3,(H2,30,32,33). The van der Waals surface area contributed by atoms with Gasteiger partial charge in [0.2, 0.25) is 11.8 Å². The number of carbonyl (C=O) groups is 1. The third-order valence-corrected chi connectivity index (χ3v) is 6.22. The second kappa shape index (κ2) is 11.0. The number of hydrogen-bond acceptors (Lipinski definition) is 7. The van der Waals surface area contributed by atoms with Crippen molar-refractivity contribution in [3.63, 3.8) is 0 Å². The fourth-order valence-electron chi connectivity index (χ4n) is 4.38. The number of likely N-dealkylation sites (tertiary alicyclic amines) is 1. The number of benzene rings is 1. The van der Waals surface area contributed by atoms with Gasteiger partial charge in [-0.1, -0.05) is 0 Å². The summed E-state index contributed by atoms with van der Waals surface area (Å²) in [7, 11) is 2.06. The van der Waals surface area contributed by atoms with Crippen molar-refractivity contribution >= 4 is 11.7 Å². The van der Waals surface area contributed by atoms with Crippen LogP contribution in [0.4, 0.5) is 19.1 Å². The highest BCUT2D eigenvalue weighted by Crippen LogP contribution is 2.39. The molecular formula is C26H28F3N5O2. The molecule has 1 aliphatic heterocycles. The van der Waals surface area contributed by atoms with E-state index in [1.165, 1.54) is 30.3 Å². The van der Waals surface area contributed by atoms with Crippen LogP contribution in [0.3, 0.4) is 0 Å². The monoisotopic (exact) mass is 499 g/mol. The maximum absolute atomic E-state index is 13.6. The number of halogens is 3. The zero-order valence-electron chi connectivity index (χ0n) is 20.2. The van der Waals surface area contributed by atoms with Gasteiger partial charge in [0, 0.05) is 17.7 Å². The van der Waals surface area contributed by atoms with Gasteiger partial charge < -0.3 is 15.4 Å². The number of nitrogens with two attached hydrogens (primary N) is 1. The Balaban J connectivity index is 1.71. The Bertz CT molecular complexity index is 1230. The number of piperidine rings is 1. The van der Waals surface area contributed by atoms with Crippen molar-refractivity contribution < 1.29 is 22.7 Å². The number of nitrogens with zero attached hydrogens (tertiary/aromatic N) is 4. The summed E-state index contributed by atoms with van der Waals surface area (Å²) >= 11 is 0. The van der Waals surface area contributed by atoms with Crippen LogP contribution in [0.25, 0.3) is 22.4 Å². The number of hydrogen-bond donors (Lipinski definition) is 1. The van der Waals surface area contributed by atoms with E-state index in [1.54, 1.807) is 13.0 Å². The Morgan fingerprint density at radius 3 is 2.47 bits per heavy atom. The molecule has 1 aromatic carbocycles. The zero-order valence-corrected chi connectivity index (χ0v) is 20.2. The summed E-state index contributed by atoms with van der Waals surface area (Å²) in [6.07, 6.45) is -0.531. The number of ether oxygens (including phenoxy) is 1. The topological polar surface area (TPSA) is 94.2 Å². The van der Waals surface area contributed by atoms with Gasteiger partial charge in [0.25, 0.3) is 6.43 Å². The van der Waals surface area contributed by atoms with Gasteiger partial charge in [-0.05, 0) is 87.8 Å². The minimum absolute atomic E-state index is 0.00984. The number of aromatic nitrogens is 3. The predicted octanol–water partition coefficient (Wildman–Crippen LogP) is 4.85. The maximum Gasteiger partial charge on any atom is 0.280 e. The van der Waals surface area contributed by atoms with Crippen LogP contribution in [0, 0.1) is 18.7 Å². The van der Waals surface area contributed by atoms with Crippen LogP contribution in [-0.4, -0.2) is 52.4 Å². The third kappa shape index (κ3) is 6.17. The molecule has 2 aromatic heterocycles. The second-order valence-electron chi connectivity index (χ2n) is 9.12. The summed E-state index contributed by atoms with van der Waals surface area (Å²) in [5.74, 6) is -0.383. The molecule has 10 heteroatoms. The van der Waals surface area contributed by atoms with Crippen LogP contribution in [0.2, 0.25) is 0 Å². The fourth-order valence-corrected chi connectivity index (χ4v) is 4.38. The first kappa shape index (κ1) is 25.6. The van der Waals surface area contributed by atoms with Gasteiger partial charge in [0.15, 0.2) is 5.78 Å². The van der Waals surface area contributed by atoms with Crippen LogP contribution in [0.5, 0.6) is 5.88 Å². The average Bonchev–Trinajstić information content (AvgIpc) is 2.84. The lowest BCUT2D eigenvalue weighted by Gasteiger charge is -2.28. The molecule has 1 fully saturated rings. The normalized spacial score (nSPS) is 14.8. The van der Waals surface area contributed by atoms with Gasteiger partial charge in [0.1, 0.15) is 18.1 Å². The second-order valence-corrected chi connectivity index (χ2v) is 9.12. The molecule has 0 bridgehead atoms. The molecular weight excluding hydrogens is 471 g/mol. The van der Waals surface area contributed by atoms with Crippen molar-refractivity contribution in [2.45, 2.75) is 32.6 Å². The number of ketones is 1. The molecule has 2 N–H and O–H groups in total. The van der Waals surface area contributed by atoms with Crippen LogP contribution >= 0.6 is 0 Å². The molecule has 1 saturated heterocycles. The lowest BCUT2D eigenvalue weighted by molar-refractivity contribution is -0.122. The molecule has 36 heavy (non-hydrogen) atoms. The van der Waals surface area contributed by atoms with E-state index in [0.717, 1.165) is 25.9 Å². The van der Waals surface area contributed by atoms with E-state index in [0.29, 0.717) is 29.2 Å². The summed E-state index contributed by atoms with van der Waals surface area (Å²) in [4.78, 5) is 27.4. The first-order valence-corrected chi connectivity index (χ1v) is 11.7. The van der Waals surface area contributed by atoms with Crippen molar-refractivity contribution in [3.8, 4) is 28.3 Å². The Morgan fingerprint density at radius 1 is 1.11 bits per heavy atom. The largest absolute Gasteiger partial charge is 0.469 e. The molecule has 0 saturated carbocycles. The molecule has 0 atom stereocenters. The van der Waals surface area contributed by atoms with Gasteiger partial charge in [0.05, 0.1) is 11.3 Å². The van der Waals surface area contributed by atoms with Crippen molar-refractivity contribution in [2.75, 3.05) is 32.5 Å². The fraction of sp³-hybridized carbons (Fsp3) is 0.385. The third-order valence-electron chi connectivity index (χ3n) is 6.22. The molecule has 3 aromatic rings. The van der Waals surface area contributed by atoms with E-state index in [-0.39, 0.29) is 35.5 Å². The highest BCUT2D eigenvalue weighted by molar-refractivity contribution is 5.86. The zero-order chi connectivity index (χ0) is 25.8. The molecule has 0 amide bonds. The molecule has 0 unspecified atom stereocenters. The highest BCUT2D eigenvalue weighted by Gasteiger charge is 2.23. The van der Waals surface area contributed by atoms with E-state index < -0.39 is 17.9 Å². The lowest BCUT2D eigenvalue weighted by atomic mass is 9.92. The molecule has 0 radical (unpaired) electrons. The van der Waals surface area contributed by atoms with Gasteiger partial charge in [-0.3, -0.25) is 9.78 Å². The Hall–Kier alpha value is -3.53.